The first-order chi connectivity index (χ1) is 12.6. The van der Waals surface area contributed by atoms with Crippen LogP contribution in [0.5, 0.6) is 5.75 Å². The second-order valence-corrected chi connectivity index (χ2v) is 6.18. The molecule has 0 unspecified atom stereocenters. The number of nitrogens with one attached hydrogen (secondary N) is 1. The molecule has 7 nitrogen and oxygen atoms in total. The largest absolute Gasteiger partial charge is 0.470 e. The summed E-state index contributed by atoms with van der Waals surface area (Å²) in [6.45, 7) is 3.44. The Morgan fingerprint density at radius 3 is 2.73 bits per heavy atom. The molecule has 2 heterocycles. The van der Waals surface area contributed by atoms with E-state index in [1.165, 1.54) is 0 Å². The first-order valence-corrected chi connectivity index (χ1v) is 8.68. The van der Waals surface area contributed by atoms with Gasteiger partial charge >= 0.3 is 0 Å². The summed E-state index contributed by atoms with van der Waals surface area (Å²) in [6, 6.07) is 10.8. The minimum absolute atomic E-state index is 0.176. The van der Waals surface area contributed by atoms with Crippen LogP contribution >= 0.6 is 11.6 Å². The first-order valence-electron chi connectivity index (χ1n) is 8.31. The van der Waals surface area contributed by atoms with Crippen LogP contribution in [0.2, 0.25) is 5.02 Å². The van der Waals surface area contributed by atoms with Gasteiger partial charge in [-0.25, -0.2) is 4.68 Å². The van der Waals surface area contributed by atoms with E-state index in [9.17, 15) is 4.79 Å². The monoisotopic (exact) mass is 373 g/mol. The van der Waals surface area contributed by atoms with Crippen LogP contribution in [0.1, 0.15) is 22.6 Å². The fraction of sp³-hybridized carbons (Fsp3) is 0.278. The molecule has 0 fully saturated rings. The van der Waals surface area contributed by atoms with Gasteiger partial charge in [-0.1, -0.05) is 23.7 Å². The number of halogens is 1. The van der Waals surface area contributed by atoms with Gasteiger partial charge in [-0.05, 0) is 37.6 Å². The summed E-state index contributed by atoms with van der Waals surface area (Å²) in [5.41, 5.74) is 1.33. The van der Waals surface area contributed by atoms with E-state index < -0.39 is 0 Å². The number of hydrogen-bond donors (Lipinski definition) is 1. The van der Waals surface area contributed by atoms with Gasteiger partial charge in [-0.3, -0.25) is 9.48 Å². The van der Waals surface area contributed by atoms with Crippen molar-refractivity contribution in [2.45, 2.75) is 26.6 Å². The Labute approximate surface area is 156 Å². The van der Waals surface area contributed by atoms with E-state index in [-0.39, 0.29) is 12.6 Å². The zero-order valence-corrected chi connectivity index (χ0v) is 15.2. The van der Waals surface area contributed by atoms with Crippen molar-refractivity contribution in [2.24, 2.45) is 0 Å². The lowest BCUT2D eigenvalue weighted by Crippen LogP contribution is -2.26. The van der Waals surface area contributed by atoms with Crippen molar-refractivity contribution < 1.29 is 9.53 Å². The maximum atomic E-state index is 12.1. The van der Waals surface area contributed by atoms with Crippen LogP contribution in [0.25, 0.3) is 0 Å². The number of ether oxygens (including phenoxy) is 1. The average molecular weight is 374 g/mol. The third kappa shape index (κ3) is 4.86. The second-order valence-electron chi connectivity index (χ2n) is 5.77. The van der Waals surface area contributed by atoms with Crippen LogP contribution in [0.3, 0.4) is 0 Å². The van der Waals surface area contributed by atoms with Crippen LogP contribution < -0.4 is 10.1 Å². The topological polar surface area (TPSA) is 74.0 Å². The first kappa shape index (κ1) is 18.0. The molecular formula is C18H20ClN5O2. The number of carbonyl (C=O) groups is 1. The maximum absolute atomic E-state index is 12.1. The van der Waals surface area contributed by atoms with Crippen LogP contribution in [-0.2, 0) is 13.3 Å². The molecular weight excluding hydrogens is 354 g/mol. The zero-order valence-electron chi connectivity index (χ0n) is 14.4. The van der Waals surface area contributed by atoms with Crippen molar-refractivity contribution >= 4 is 17.5 Å². The molecule has 136 valence electrons. The van der Waals surface area contributed by atoms with Crippen LogP contribution in [0.4, 0.5) is 0 Å². The number of carbonyl (C=O) groups excluding carboxylic acids is 1. The third-order valence-corrected chi connectivity index (χ3v) is 4.00. The molecule has 3 aromatic rings. The standard InChI is InChI=1S/C18H20ClN5O2/c1-14-7-11-23(21-14)10-4-9-20-18(25)16-8-12-24(22-16)13-26-17-6-3-2-5-15(17)19/h2-3,5-8,11-12H,4,9-10,13H2,1H3,(H,20,25). The van der Waals surface area contributed by atoms with Crippen molar-refractivity contribution in [3.05, 3.63) is 65.2 Å². The van der Waals surface area contributed by atoms with E-state index >= 15 is 0 Å². The fourth-order valence-electron chi connectivity index (χ4n) is 2.37. The molecule has 0 radical (unpaired) electrons. The molecule has 2 aromatic heterocycles. The van der Waals surface area contributed by atoms with E-state index in [1.54, 1.807) is 29.1 Å². The Balaban J connectivity index is 1.43. The highest BCUT2D eigenvalue weighted by Crippen LogP contribution is 2.23. The molecule has 1 amide bonds. The van der Waals surface area contributed by atoms with Gasteiger partial charge in [-0.2, -0.15) is 10.2 Å². The molecule has 1 aromatic carbocycles. The quantitative estimate of drug-likeness (QED) is 0.616. The SMILES string of the molecule is Cc1ccn(CCCNC(=O)c2ccn(COc3ccccc3Cl)n2)n1. The Kier molecular flexibility index (Phi) is 5.91. The molecule has 0 aliphatic rings. The predicted octanol–water partition coefficient (Wildman–Crippen LogP) is 2.90. The molecule has 0 aliphatic carbocycles. The normalized spacial score (nSPS) is 10.7. The van der Waals surface area contributed by atoms with Crippen molar-refractivity contribution in [2.75, 3.05) is 6.54 Å². The molecule has 8 heteroatoms. The number of aromatic nitrogens is 4. The van der Waals surface area contributed by atoms with Gasteiger partial charge in [0.2, 0.25) is 0 Å². The molecule has 0 spiro atoms. The van der Waals surface area contributed by atoms with Crippen LogP contribution in [-0.4, -0.2) is 32.0 Å². The fourth-order valence-corrected chi connectivity index (χ4v) is 2.56. The highest BCUT2D eigenvalue weighted by Gasteiger charge is 2.09. The van der Waals surface area contributed by atoms with Gasteiger partial charge in [0.1, 0.15) is 11.4 Å². The van der Waals surface area contributed by atoms with Crippen molar-refractivity contribution in [3.8, 4) is 5.75 Å². The molecule has 0 aliphatic heterocycles. The summed E-state index contributed by atoms with van der Waals surface area (Å²) >= 11 is 6.04. The lowest BCUT2D eigenvalue weighted by atomic mass is 10.3. The minimum Gasteiger partial charge on any atom is -0.470 e. The summed E-state index contributed by atoms with van der Waals surface area (Å²) in [5.74, 6) is 0.364. The van der Waals surface area contributed by atoms with Gasteiger partial charge in [0, 0.05) is 25.5 Å². The number of hydrogen-bond acceptors (Lipinski definition) is 4. The number of rotatable bonds is 8. The Bertz CT molecular complexity index is 874. The summed E-state index contributed by atoms with van der Waals surface area (Å²) in [5, 5.41) is 11.9. The van der Waals surface area contributed by atoms with E-state index in [1.807, 2.05) is 36.0 Å². The molecule has 3 rings (SSSR count). The smallest absolute Gasteiger partial charge is 0.271 e. The Hall–Kier alpha value is -2.80. The van der Waals surface area contributed by atoms with Gasteiger partial charge < -0.3 is 10.1 Å². The Morgan fingerprint density at radius 1 is 1.15 bits per heavy atom. The molecule has 0 saturated carbocycles. The summed E-state index contributed by atoms with van der Waals surface area (Å²) in [6.07, 6.45) is 4.42. The number of amides is 1. The Morgan fingerprint density at radius 2 is 1.96 bits per heavy atom. The highest BCUT2D eigenvalue weighted by molar-refractivity contribution is 6.32. The van der Waals surface area contributed by atoms with E-state index in [0.29, 0.717) is 23.0 Å². The van der Waals surface area contributed by atoms with Crippen molar-refractivity contribution in [1.82, 2.24) is 24.9 Å². The van der Waals surface area contributed by atoms with E-state index in [2.05, 4.69) is 15.5 Å². The van der Waals surface area contributed by atoms with E-state index in [0.717, 1.165) is 18.7 Å². The minimum atomic E-state index is -0.210. The lowest BCUT2D eigenvalue weighted by Gasteiger charge is -2.07. The average Bonchev–Trinajstić information content (AvgIpc) is 3.27. The highest BCUT2D eigenvalue weighted by atomic mass is 35.5. The molecule has 26 heavy (non-hydrogen) atoms. The maximum Gasteiger partial charge on any atom is 0.271 e. The number of benzene rings is 1. The zero-order chi connectivity index (χ0) is 18.4. The third-order valence-electron chi connectivity index (χ3n) is 3.69. The van der Waals surface area contributed by atoms with Crippen LogP contribution in [0, 0.1) is 6.92 Å². The molecule has 0 saturated heterocycles. The summed E-state index contributed by atoms with van der Waals surface area (Å²) < 4.78 is 9.00. The van der Waals surface area contributed by atoms with Crippen molar-refractivity contribution in [1.29, 1.82) is 0 Å². The van der Waals surface area contributed by atoms with Gasteiger partial charge in [0.25, 0.3) is 5.91 Å². The molecule has 0 atom stereocenters. The van der Waals surface area contributed by atoms with Gasteiger partial charge in [0.05, 0.1) is 10.7 Å². The molecule has 0 bridgehead atoms. The number of para-hydroxylation sites is 1. The van der Waals surface area contributed by atoms with E-state index in [4.69, 9.17) is 16.3 Å². The number of nitrogens with zero attached hydrogens (tertiary/aromatic N) is 4. The summed E-state index contributed by atoms with van der Waals surface area (Å²) in [4.78, 5) is 12.1. The molecule has 1 N–H and O–H groups in total. The lowest BCUT2D eigenvalue weighted by molar-refractivity contribution is 0.0945. The summed E-state index contributed by atoms with van der Waals surface area (Å²) in [7, 11) is 0. The van der Waals surface area contributed by atoms with Gasteiger partial charge in [-0.15, -0.1) is 0 Å². The number of aryl methyl sites for hydroxylation is 2. The van der Waals surface area contributed by atoms with Crippen LogP contribution in [0.15, 0.2) is 48.8 Å². The second kappa shape index (κ2) is 8.53. The van der Waals surface area contributed by atoms with Crippen molar-refractivity contribution in [3.63, 3.8) is 0 Å². The van der Waals surface area contributed by atoms with Gasteiger partial charge in [0.15, 0.2) is 6.73 Å². The predicted molar refractivity (Wildman–Crippen MR) is 98.2 cm³/mol.